The van der Waals surface area contributed by atoms with Crippen LogP contribution in [0.4, 0.5) is 0 Å². The molecule has 0 radical (unpaired) electrons. The number of hydrogen-bond acceptors (Lipinski definition) is 3. The second-order valence-corrected chi connectivity index (χ2v) is 2.88. The molecule has 0 aromatic heterocycles. The van der Waals surface area contributed by atoms with Gasteiger partial charge in [-0.15, -0.1) is 11.8 Å². The Hall–Kier alpha value is 0.270. The van der Waals surface area contributed by atoms with Gasteiger partial charge in [-0.05, 0) is 6.26 Å². The van der Waals surface area contributed by atoms with E-state index in [0.29, 0.717) is 0 Å². The summed E-state index contributed by atoms with van der Waals surface area (Å²) in [6, 6.07) is 0. The van der Waals surface area contributed by atoms with E-state index >= 15 is 0 Å². The molecule has 0 bridgehead atoms. The molecule has 0 aliphatic carbocycles. The molecular weight excluding hydrogens is 122 g/mol. The molecule has 0 aromatic carbocycles. The molecule has 2 unspecified atom stereocenters. The van der Waals surface area contributed by atoms with E-state index in [2.05, 4.69) is 0 Å². The van der Waals surface area contributed by atoms with Crippen molar-refractivity contribution in [1.82, 2.24) is 0 Å². The van der Waals surface area contributed by atoms with Gasteiger partial charge in [0.2, 0.25) is 0 Å². The summed E-state index contributed by atoms with van der Waals surface area (Å²) >= 11 is 1.58. The minimum absolute atomic E-state index is 0.0833. The van der Waals surface area contributed by atoms with Crippen LogP contribution in [0.3, 0.4) is 0 Å². The smallest absolute Gasteiger partial charge is 0.0552 e. The van der Waals surface area contributed by atoms with Crippen molar-refractivity contribution in [3.05, 3.63) is 0 Å². The van der Waals surface area contributed by atoms with Crippen molar-refractivity contribution in [1.29, 1.82) is 0 Å². The van der Waals surface area contributed by atoms with Gasteiger partial charge < -0.3 is 10.8 Å². The molecule has 2 nitrogen and oxygen atoms in total. The fourth-order valence-electron chi connectivity index (χ4n) is 0.336. The molecule has 0 heterocycles. The molecular formula is C5H13NOS. The standard InChI is InChI=1S/C5H13NOS/c1-4(3-7)5(6)8-2/h4-5,7H,3,6H2,1-2H3. The van der Waals surface area contributed by atoms with Gasteiger partial charge in [0.05, 0.1) is 5.37 Å². The van der Waals surface area contributed by atoms with Gasteiger partial charge >= 0.3 is 0 Å². The van der Waals surface area contributed by atoms with Crippen molar-refractivity contribution in [2.24, 2.45) is 11.7 Å². The summed E-state index contributed by atoms with van der Waals surface area (Å²) in [6.45, 7) is 2.11. The summed E-state index contributed by atoms with van der Waals surface area (Å²) < 4.78 is 0. The van der Waals surface area contributed by atoms with E-state index < -0.39 is 0 Å². The fourth-order valence-corrected chi connectivity index (χ4v) is 0.887. The third kappa shape index (κ3) is 2.55. The van der Waals surface area contributed by atoms with Crippen LogP contribution in [-0.4, -0.2) is 23.3 Å². The summed E-state index contributed by atoms with van der Waals surface area (Å²) in [7, 11) is 0. The molecule has 3 heteroatoms. The van der Waals surface area contributed by atoms with E-state index in [1.54, 1.807) is 11.8 Å². The number of nitrogens with two attached hydrogens (primary N) is 1. The van der Waals surface area contributed by atoms with Gasteiger partial charge in [0.25, 0.3) is 0 Å². The van der Waals surface area contributed by atoms with Crippen LogP contribution in [0.25, 0.3) is 0 Å². The Morgan fingerprint density at radius 2 is 2.25 bits per heavy atom. The highest BCUT2D eigenvalue weighted by Gasteiger charge is 2.07. The molecule has 0 saturated carbocycles. The summed E-state index contributed by atoms with van der Waals surface area (Å²) in [6.07, 6.45) is 1.94. The average Bonchev–Trinajstić information content (AvgIpc) is 1.84. The zero-order chi connectivity index (χ0) is 6.57. The monoisotopic (exact) mass is 135 g/mol. The normalized spacial score (nSPS) is 18.0. The van der Waals surface area contributed by atoms with Crippen molar-refractivity contribution in [3.63, 3.8) is 0 Å². The van der Waals surface area contributed by atoms with E-state index in [1.807, 2.05) is 13.2 Å². The summed E-state index contributed by atoms with van der Waals surface area (Å²) in [5.74, 6) is 0.213. The molecule has 0 amide bonds. The van der Waals surface area contributed by atoms with Crippen molar-refractivity contribution >= 4 is 11.8 Å². The van der Waals surface area contributed by atoms with Crippen LogP contribution in [-0.2, 0) is 0 Å². The minimum Gasteiger partial charge on any atom is -0.396 e. The average molecular weight is 135 g/mol. The van der Waals surface area contributed by atoms with Crippen LogP contribution in [0.5, 0.6) is 0 Å². The lowest BCUT2D eigenvalue weighted by molar-refractivity contribution is 0.235. The Morgan fingerprint density at radius 3 is 2.38 bits per heavy atom. The van der Waals surface area contributed by atoms with E-state index in [1.165, 1.54) is 0 Å². The van der Waals surface area contributed by atoms with Crippen LogP contribution in [0.15, 0.2) is 0 Å². The number of thioether (sulfide) groups is 1. The van der Waals surface area contributed by atoms with E-state index in [-0.39, 0.29) is 17.9 Å². The molecule has 50 valence electrons. The second-order valence-electron chi connectivity index (χ2n) is 1.86. The van der Waals surface area contributed by atoms with Crippen molar-refractivity contribution in [2.45, 2.75) is 12.3 Å². The minimum atomic E-state index is 0.0833. The first-order chi connectivity index (χ1) is 3.72. The van der Waals surface area contributed by atoms with Crippen LogP contribution >= 0.6 is 11.8 Å². The molecule has 0 aliphatic heterocycles. The Kier molecular flexibility index (Phi) is 4.32. The molecule has 0 spiro atoms. The predicted molar refractivity (Wildman–Crippen MR) is 37.7 cm³/mol. The summed E-state index contributed by atoms with van der Waals surface area (Å²) in [4.78, 5) is 0. The zero-order valence-corrected chi connectivity index (χ0v) is 6.11. The van der Waals surface area contributed by atoms with Crippen LogP contribution in [0.1, 0.15) is 6.92 Å². The lowest BCUT2D eigenvalue weighted by atomic mass is 10.2. The van der Waals surface area contributed by atoms with Gasteiger partial charge in [0.1, 0.15) is 0 Å². The highest BCUT2D eigenvalue weighted by molar-refractivity contribution is 7.99. The number of hydrogen-bond donors (Lipinski definition) is 2. The van der Waals surface area contributed by atoms with Gasteiger partial charge in [-0.3, -0.25) is 0 Å². The summed E-state index contributed by atoms with van der Waals surface area (Å²) in [5, 5.41) is 8.63. The van der Waals surface area contributed by atoms with Crippen molar-refractivity contribution in [3.8, 4) is 0 Å². The lowest BCUT2D eigenvalue weighted by Crippen LogP contribution is -2.26. The number of aliphatic hydroxyl groups is 1. The molecule has 0 aliphatic rings. The van der Waals surface area contributed by atoms with Crippen LogP contribution in [0, 0.1) is 5.92 Å². The Labute approximate surface area is 54.5 Å². The first-order valence-corrected chi connectivity index (χ1v) is 3.90. The predicted octanol–water partition coefficient (Wildman–Crippen LogP) is 0.263. The Bertz CT molecular complexity index is 52.4. The number of aliphatic hydroxyl groups excluding tert-OH is 1. The van der Waals surface area contributed by atoms with Crippen LogP contribution < -0.4 is 5.73 Å². The van der Waals surface area contributed by atoms with Crippen molar-refractivity contribution in [2.75, 3.05) is 12.9 Å². The summed E-state index contributed by atoms with van der Waals surface area (Å²) in [5.41, 5.74) is 5.53. The largest absolute Gasteiger partial charge is 0.396 e. The van der Waals surface area contributed by atoms with Gasteiger partial charge in [-0.1, -0.05) is 6.92 Å². The molecule has 0 aromatic rings. The van der Waals surface area contributed by atoms with Gasteiger partial charge in [-0.25, -0.2) is 0 Å². The van der Waals surface area contributed by atoms with Crippen molar-refractivity contribution < 1.29 is 5.11 Å². The maximum absolute atomic E-state index is 8.54. The van der Waals surface area contributed by atoms with Gasteiger partial charge in [-0.2, -0.15) is 0 Å². The third-order valence-corrected chi connectivity index (χ3v) is 2.13. The first-order valence-electron chi connectivity index (χ1n) is 2.61. The fraction of sp³-hybridized carbons (Fsp3) is 1.00. The maximum atomic E-state index is 8.54. The topological polar surface area (TPSA) is 46.2 Å². The SMILES string of the molecule is CSC(N)C(C)CO. The Morgan fingerprint density at radius 1 is 1.75 bits per heavy atom. The molecule has 0 fully saturated rings. The molecule has 8 heavy (non-hydrogen) atoms. The third-order valence-electron chi connectivity index (χ3n) is 1.12. The number of rotatable bonds is 3. The van der Waals surface area contributed by atoms with E-state index in [9.17, 15) is 0 Å². The molecule has 0 saturated heterocycles. The molecule has 0 rings (SSSR count). The maximum Gasteiger partial charge on any atom is 0.0552 e. The molecule has 3 N–H and O–H groups in total. The highest BCUT2D eigenvalue weighted by Crippen LogP contribution is 2.09. The van der Waals surface area contributed by atoms with E-state index in [4.69, 9.17) is 10.8 Å². The highest BCUT2D eigenvalue weighted by atomic mass is 32.2. The zero-order valence-electron chi connectivity index (χ0n) is 5.29. The quantitative estimate of drug-likeness (QED) is 0.546. The first kappa shape index (κ1) is 8.27. The van der Waals surface area contributed by atoms with Crippen LogP contribution in [0.2, 0.25) is 0 Å². The Balaban J connectivity index is 3.29. The molecule has 2 atom stereocenters. The van der Waals surface area contributed by atoms with Gasteiger partial charge in [0, 0.05) is 12.5 Å². The second kappa shape index (κ2) is 4.18. The van der Waals surface area contributed by atoms with E-state index in [0.717, 1.165) is 0 Å². The van der Waals surface area contributed by atoms with Gasteiger partial charge in [0.15, 0.2) is 0 Å². The lowest BCUT2D eigenvalue weighted by Gasteiger charge is -2.13.